The Morgan fingerprint density at radius 2 is 1.90 bits per heavy atom. The zero-order valence-corrected chi connectivity index (χ0v) is 22.4. The van der Waals surface area contributed by atoms with E-state index in [-0.39, 0.29) is 40.7 Å². The third-order valence-electron chi connectivity index (χ3n) is 6.69. The Kier molecular flexibility index (Phi) is 7.28. The van der Waals surface area contributed by atoms with Gasteiger partial charge in [0.05, 0.1) is 30.4 Å². The Bertz CT molecular complexity index is 1590. The van der Waals surface area contributed by atoms with Crippen LogP contribution in [0.1, 0.15) is 42.5 Å². The molecular weight excluding hydrogens is 522 g/mol. The van der Waals surface area contributed by atoms with Crippen LogP contribution in [0.5, 0.6) is 0 Å². The van der Waals surface area contributed by atoms with Crippen LogP contribution in [0.3, 0.4) is 0 Å². The number of fused-ring (bicyclic) bond motifs is 1. The van der Waals surface area contributed by atoms with Crippen LogP contribution < -0.4 is 10.6 Å². The molecule has 13 heteroatoms. The first-order valence-electron chi connectivity index (χ1n) is 12.7. The van der Waals surface area contributed by atoms with E-state index in [1.165, 1.54) is 19.4 Å². The van der Waals surface area contributed by atoms with Crippen molar-refractivity contribution in [1.29, 1.82) is 0 Å². The summed E-state index contributed by atoms with van der Waals surface area (Å²) in [6.07, 6.45) is 2.50. The molecule has 208 valence electrons. The van der Waals surface area contributed by atoms with Crippen LogP contribution in [0.15, 0.2) is 36.7 Å². The molecule has 0 radical (unpaired) electrons. The maximum absolute atomic E-state index is 15.0. The Balaban J connectivity index is 1.33. The summed E-state index contributed by atoms with van der Waals surface area (Å²) in [5.74, 6) is -0.473. The minimum absolute atomic E-state index is 0.0245. The lowest BCUT2D eigenvalue weighted by Crippen LogP contribution is -2.38. The molecule has 11 nitrogen and oxygen atoms in total. The monoisotopic (exact) mass is 550 g/mol. The number of halogens is 2. The summed E-state index contributed by atoms with van der Waals surface area (Å²) in [6.45, 7) is 6.57. The van der Waals surface area contributed by atoms with Crippen molar-refractivity contribution in [3.05, 3.63) is 59.7 Å². The average molecular weight is 551 g/mol. The Morgan fingerprint density at radius 1 is 1.10 bits per heavy atom. The molecule has 1 aliphatic rings. The van der Waals surface area contributed by atoms with E-state index in [0.717, 1.165) is 6.20 Å². The number of ether oxygens (including phenoxy) is 1. The Morgan fingerprint density at radius 3 is 2.60 bits per heavy atom. The van der Waals surface area contributed by atoms with Gasteiger partial charge in [-0.05, 0) is 51.5 Å². The molecule has 4 aromatic rings. The van der Waals surface area contributed by atoms with Gasteiger partial charge in [-0.25, -0.2) is 33.5 Å². The van der Waals surface area contributed by atoms with Crippen molar-refractivity contribution in [3.8, 4) is 11.3 Å². The number of hydrogen-bond acceptors (Lipinski definition) is 8. The topological polar surface area (TPSA) is 127 Å². The van der Waals surface area contributed by atoms with Crippen molar-refractivity contribution >= 4 is 34.8 Å². The van der Waals surface area contributed by atoms with Gasteiger partial charge in [0, 0.05) is 30.9 Å². The molecule has 40 heavy (non-hydrogen) atoms. The molecule has 0 aliphatic carbocycles. The summed E-state index contributed by atoms with van der Waals surface area (Å²) in [4.78, 5) is 42.8. The van der Waals surface area contributed by atoms with Crippen LogP contribution in [0.4, 0.5) is 25.3 Å². The molecular formula is C27H28F2N8O3. The van der Waals surface area contributed by atoms with Gasteiger partial charge < -0.3 is 24.8 Å². The molecule has 0 spiro atoms. The van der Waals surface area contributed by atoms with E-state index < -0.39 is 17.7 Å². The van der Waals surface area contributed by atoms with Crippen molar-refractivity contribution in [2.75, 3.05) is 25.5 Å². The minimum Gasteiger partial charge on any atom is -0.453 e. The second-order valence-electron chi connectivity index (χ2n) is 9.77. The fourth-order valence-electron chi connectivity index (χ4n) is 4.87. The van der Waals surface area contributed by atoms with Crippen LogP contribution in [0, 0.1) is 18.6 Å². The predicted octanol–water partition coefficient (Wildman–Crippen LogP) is 4.37. The Hall–Kier alpha value is -4.68. The van der Waals surface area contributed by atoms with Crippen molar-refractivity contribution in [2.45, 2.75) is 39.3 Å². The average Bonchev–Trinajstić information content (AvgIpc) is 3.53. The van der Waals surface area contributed by atoms with Crippen LogP contribution >= 0.6 is 0 Å². The van der Waals surface area contributed by atoms with Crippen molar-refractivity contribution in [1.82, 2.24) is 34.7 Å². The number of amides is 2. The largest absolute Gasteiger partial charge is 0.453 e. The van der Waals surface area contributed by atoms with Gasteiger partial charge in [-0.15, -0.1) is 0 Å². The number of carbonyl (C=O) groups excluding carboxylic acids is 2. The molecule has 0 unspecified atom stereocenters. The number of alkyl carbamates (subject to hydrolysis) is 1. The van der Waals surface area contributed by atoms with Crippen LogP contribution in [-0.2, 0) is 4.74 Å². The maximum Gasteiger partial charge on any atom is 0.407 e. The number of carbonyl (C=O) groups is 2. The van der Waals surface area contributed by atoms with E-state index in [0.29, 0.717) is 42.2 Å². The van der Waals surface area contributed by atoms with Crippen LogP contribution in [-0.4, -0.2) is 67.6 Å². The summed E-state index contributed by atoms with van der Waals surface area (Å²) in [5, 5.41) is 5.60. The van der Waals surface area contributed by atoms with E-state index in [9.17, 15) is 18.4 Å². The molecule has 5 rings (SSSR count). The summed E-state index contributed by atoms with van der Waals surface area (Å²) in [7, 11) is 1.29. The number of rotatable bonds is 6. The standard InChI is InChI=1S/C27H28F2N8O3/c1-14(2)37-15(3)32-24-19(28)9-17(10-21(24)37)23-20(29)12-31-26(35-23)34-22-6-5-16(11-30-22)25(38)36-8-7-18(13-36)33-27(39)40-4/h5-6,9-12,14,18H,7-8,13H2,1-4H3,(H,33,39)(H,30,31,34,35)/t18-/m1/s1. The van der Waals surface area contributed by atoms with Gasteiger partial charge >= 0.3 is 6.09 Å². The van der Waals surface area contributed by atoms with E-state index in [4.69, 9.17) is 0 Å². The second kappa shape index (κ2) is 10.8. The molecule has 2 N–H and O–H groups in total. The number of likely N-dealkylation sites (tertiary alicyclic amines) is 1. The summed E-state index contributed by atoms with van der Waals surface area (Å²) in [5.41, 5.74) is 1.29. The van der Waals surface area contributed by atoms with Gasteiger partial charge in [0.2, 0.25) is 5.95 Å². The maximum atomic E-state index is 15.0. The fourth-order valence-corrected chi connectivity index (χ4v) is 4.87. The summed E-state index contributed by atoms with van der Waals surface area (Å²) < 4.78 is 36.3. The number of benzene rings is 1. The number of nitrogens with one attached hydrogen (secondary N) is 2. The summed E-state index contributed by atoms with van der Waals surface area (Å²) >= 11 is 0. The molecule has 0 bridgehead atoms. The van der Waals surface area contributed by atoms with E-state index in [2.05, 4.69) is 35.3 Å². The number of pyridine rings is 1. The number of methoxy groups -OCH3 is 1. The molecule has 1 aromatic carbocycles. The van der Waals surface area contributed by atoms with Gasteiger partial charge in [-0.1, -0.05) is 0 Å². The number of aromatic nitrogens is 5. The van der Waals surface area contributed by atoms with Crippen LogP contribution in [0.25, 0.3) is 22.3 Å². The van der Waals surface area contributed by atoms with Gasteiger partial charge in [-0.2, -0.15) is 0 Å². The molecule has 1 atom stereocenters. The first-order chi connectivity index (χ1) is 19.1. The van der Waals surface area contributed by atoms with Crippen molar-refractivity contribution < 1.29 is 23.1 Å². The van der Waals surface area contributed by atoms with E-state index in [1.54, 1.807) is 30.0 Å². The highest BCUT2D eigenvalue weighted by atomic mass is 19.1. The zero-order valence-electron chi connectivity index (χ0n) is 22.4. The highest BCUT2D eigenvalue weighted by Crippen LogP contribution is 2.30. The first kappa shape index (κ1) is 26.9. The quantitative estimate of drug-likeness (QED) is 0.362. The van der Waals surface area contributed by atoms with Gasteiger partial charge in [0.25, 0.3) is 5.91 Å². The SMILES string of the molecule is COC(=O)N[C@@H]1CCN(C(=O)c2ccc(Nc3ncc(F)c(-c4cc(F)c5nc(C)n(C(C)C)c5c4)n3)nc2)C1. The molecule has 0 saturated carbocycles. The van der Waals surface area contributed by atoms with Gasteiger partial charge in [-0.3, -0.25) is 4.79 Å². The number of anilines is 2. The first-order valence-corrected chi connectivity index (χ1v) is 12.7. The van der Waals surface area contributed by atoms with E-state index in [1.807, 2.05) is 18.4 Å². The number of imidazole rings is 1. The van der Waals surface area contributed by atoms with E-state index >= 15 is 0 Å². The minimum atomic E-state index is -0.712. The normalized spacial score (nSPS) is 15.1. The van der Waals surface area contributed by atoms with Crippen molar-refractivity contribution in [3.63, 3.8) is 0 Å². The van der Waals surface area contributed by atoms with Gasteiger partial charge in [0.1, 0.15) is 22.9 Å². The predicted molar refractivity (Wildman–Crippen MR) is 143 cm³/mol. The molecule has 1 saturated heterocycles. The molecule has 2 amide bonds. The highest BCUT2D eigenvalue weighted by Gasteiger charge is 2.28. The van der Waals surface area contributed by atoms with Gasteiger partial charge in [0.15, 0.2) is 11.6 Å². The third-order valence-corrected chi connectivity index (χ3v) is 6.69. The number of aryl methyl sites for hydroxylation is 1. The lowest BCUT2D eigenvalue weighted by atomic mass is 10.1. The molecule has 4 heterocycles. The number of nitrogens with zero attached hydrogens (tertiary/aromatic N) is 6. The number of hydrogen-bond donors (Lipinski definition) is 2. The Labute approximate surface area is 228 Å². The molecule has 3 aromatic heterocycles. The lowest BCUT2D eigenvalue weighted by molar-refractivity contribution is 0.0787. The highest BCUT2D eigenvalue weighted by molar-refractivity contribution is 5.94. The fraction of sp³-hybridized carbons (Fsp3) is 0.333. The summed E-state index contributed by atoms with van der Waals surface area (Å²) in [6, 6.07) is 5.89. The lowest BCUT2D eigenvalue weighted by Gasteiger charge is -2.17. The smallest absolute Gasteiger partial charge is 0.407 e. The zero-order chi connectivity index (χ0) is 28.6. The van der Waals surface area contributed by atoms with Crippen LogP contribution in [0.2, 0.25) is 0 Å². The molecule has 1 fully saturated rings. The molecule has 1 aliphatic heterocycles. The van der Waals surface area contributed by atoms with Crippen molar-refractivity contribution in [2.24, 2.45) is 0 Å². The third kappa shape index (κ3) is 5.26. The second-order valence-corrected chi connectivity index (χ2v) is 9.77.